The number of urea groups is 1. The average Bonchev–Trinajstić information content (AvgIpc) is 2.28. The molecule has 1 rings (SSSR count). The quantitative estimate of drug-likeness (QED) is 0.643. The highest BCUT2D eigenvalue weighted by molar-refractivity contribution is 5.75. The van der Waals surface area contributed by atoms with Gasteiger partial charge in [0.1, 0.15) is 0 Å². The Kier molecular flexibility index (Phi) is 5.04. The second kappa shape index (κ2) is 6.32. The van der Waals surface area contributed by atoms with Crippen molar-refractivity contribution in [2.75, 3.05) is 33.3 Å². The molecule has 2 N–H and O–H groups in total. The molecule has 0 aromatic rings. The van der Waals surface area contributed by atoms with Crippen LogP contribution in [0.4, 0.5) is 4.79 Å². The normalized spacial score (nSPS) is 20.4. The summed E-state index contributed by atoms with van der Waals surface area (Å²) in [6.45, 7) is 4.57. The minimum atomic E-state index is -0.311. The zero-order valence-electron chi connectivity index (χ0n) is 9.78. The molecule has 0 bridgehead atoms. The lowest BCUT2D eigenvalue weighted by atomic mass is 10.2. The Labute approximate surface area is 95.3 Å². The van der Waals surface area contributed by atoms with Gasteiger partial charge in [-0.1, -0.05) is 0 Å². The van der Waals surface area contributed by atoms with Crippen LogP contribution in [-0.4, -0.2) is 56.2 Å². The number of hydrogen-bond donors (Lipinski definition) is 2. The fourth-order valence-electron chi connectivity index (χ4n) is 1.60. The van der Waals surface area contributed by atoms with E-state index in [4.69, 9.17) is 0 Å². The predicted molar refractivity (Wildman–Crippen MR) is 59.1 cm³/mol. The number of nitrogens with zero attached hydrogens (tertiary/aromatic N) is 1. The van der Waals surface area contributed by atoms with Gasteiger partial charge in [0.2, 0.25) is 0 Å². The number of hydrogen-bond acceptors (Lipinski definition) is 4. The van der Waals surface area contributed by atoms with Crippen molar-refractivity contribution in [1.29, 1.82) is 0 Å². The van der Waals surface area contributed by atoms with Gasteiger partial charge in [-0.25, -0.2) is 4.79 Å². The van der Waals surface area contributed by atoms with E-state index in [-0.39, 0.29) is 18.4 Å². The van der Waals surface area contributed by atoms with Crippen LogP contribution >= 0.6 is 0 Å². The number of esters is 1. The summed E-state index contributed by atoms with van der Waals surface area (Å²) in [6, 6.07) is 0.206. The smallest absolute Gasteiger partial charge is 0.317 e. The molecular formula is C10H19N3O3. The molecule has 1 aliphatic heterocycles. The van der Waals surface area contributed by atoms with Crippen molar-refractivity contribution in [3.63, 3.8) is 0 Å². The SMILES string of the molecule is COC(=O)CCNC(=O)N1CCN[C@H](C)C1. The summed E-state index contributed by atoms with van der Waals surface area (Å²) in [7, 11) is 1.34. The van der Waals surface area contributed by atoms with Gasteiger partial charge in [-0.2, -0.15) is 0 Å². The molecule has 1 saturated heterocycles. The maximum absolute atomic E-state index is 11.6. The number of rotatable bonds is 3. The third-order valence-electron chi connectivity index (χ3n) is 2.49. The Morgan fingerprint density at radius 2 is 2.31 bits per heavy atom. The number of ether oxygens (including phenoxy) is 1. The van der Waals surface area contributed by atoms with Crippen molar-refractivity contribution in [3.05, 3.63) is 0 Å². The fourth-order valence-corrected chi connectivity index (χ4v) is 1.60. The molecule has 1 fully saturated rings. The lowest BCUT2D eigenvalue weighted by Gasteiger charge is -2.31. The van der Waals surface area contributed by atoms with E-state index in [1.807, 2.05) is 6.92 Å². The second-order valence-corrected chi connectivity index (χ2v) is 3.86. The van der Waals surface area contributed by atoms with Crippen LogP contribution in [0.3, 0.4) is 0 Å². The zero-order valence-corrected chi connectivity index (χ0v) is 9.78. The molecular weight excluding hydrogens is 210 g/mol. The molecule has 6 nitrogen and oxygen atoms in total. The fraction of sp³-hybridized carbons (Fsp3) is 0.800. The Bertz CT molecular complexity index is 258. The number of nitrogens with one attached hydrogen (secondary N) is 2. The van der Waals surface area contributed by atoms with E-state index in [9.17, 15) is 9.59 Å². The van der Waals surface area contributed by atoms with Gasteiger partial charge in [0.15, 0.2) is 0 Å². The van der Waals surface area contributed by atoms with Gasteiger partial charge in [-0.05, 0) is 6.92 Å². The van der Waals surface area contributed by atoms with Gasteiger partial charge in [0, 0.05) is 32.2 Å². The van der Waals surface area contributed by atoms with Gasteiger partial charge >= 0.3 is 12.0 Å². The van der Waals surface area contributed by atoms with Crippen molar-refractivity contribution in [1.82, 2.24) is 15.5 Å². The minimum absolute atomic E-state index is 0.114. The van der Waals surface area contributed by atoms with Gasteiger partial charge in [0.05, 0.1) is 13.5 Å². The molecule has 1 aliphatic rings. The highest BCUT2D eigenvalue weighted by atomic mass is 16.5. The third kappa shape index (κ3) is 4.06. The van der Waals surface area contributed by atoms with Crippen molar-refractivity contribution >= 4 is 12.0 Å². The molecule has 1 atom stereocenters. The Hall–Kier alpha value is -1.30. The number of methoxy groups -OCH3 is 1. The topological polar surface area (TPSA) is 70.7 Å². The largest absolute Gasteiger partial charge is 0.469 e. The molecule has 1 heterocycles. The maximum Gasteiger partial charge on any atom is 0.317 e. The van der Waals surface area contributed by atoms with E-state index in [2.05, 4.69) is 15.4 Å². The lowest BCUT2D eigenvalue weighted by molar-refractivity contribution is -0.140. The minimum Gasteiger partial charge on any atom is -0.469 e. The predicted octanol–water partition coefficient (Wildman–Crippen LogP) is -0.447. The van der Waals surface area contributed by atoms with Crippen LogP contribution in [0, 0.1) is 0 Å². The second-order valence-electron chi connectivity index (χ2n) is 3.86. The molecule has 0 unspecified atom stereocenters. The molecule has 92 valence electrons. The van der Waals surface area contributed by atoms with Crippen LogP contribution in [0.5, 0.6) is 0 Å². The van der Waals surface area contributed by atoms with Gasteiger partial charge < -0.3 is 20.3 Å². The molecule has 0 spiro atoms. The molecule has 0 saturated carbocycles. The lowest BCUT2D eigenvalue weighted by Crippen LogP contribution is -2.54. The van der Waals surface area contributed by atoms with Crippen molar-refractivity contribution in [2.45, 2.75) is 19.4 Å². The van der Waals surface area contributed by atoms with Crippen LogP contribution in [0.15, 0.2) is 0 Å². The van der Waals surface area contributed by atoms with Crippen LogP contribution in [-0.2, 0) is 9.53 Å². The van der Waals surface area contributed by atoms with Crippen LogP contribution in [0.25, 0.3) is 0 Å². The summed E-state index contributed by atoms with van der Waals surface area (Å²) in [6.07, 6.45) is 0.212. The van der Waals surface area contributed by atoms with E-state index in [0.29, 0.717) is 25.7 Å². The molecule has 0 radical (unpaired) electrons. The summed E-state index contributed by atoms with van der Waals surface area (Å²) in [4.78, 5) is 24.2. The molecule has 0 aromatic carbocycles. The van der Waals surface area contributed by atoms with Gasteiger partial charge in [0.25, 0.3) is 0 Å². The van der Waals surface area contributed by atoms with Crippen LogP contribution in [0.2, 0.25) is 0 Å². The summed E-state index contributed by atoms with van der Waals surface area (Å²) in [5.41, 5.74) is 0. The first-order chi connectivity index (χ1) is 7.63. The molecule has 6 heteroatoms. The van der Waals surface area contributed by atoms with E-state index < -0.39 is 0 Å². The third-order valence-corrected chi connectivity index (χ3v) is 2.49. The van der Waals surface area contributed by atoms with E-state index in [0.717, 1.165) is 6.54 Å². The number of carbonyl (C=O) groups is 2. The van der Waals surface area contributed by atoms with Crippen molar-refractivity contribution in [3.8, 4) is 0 Å². The Morgan fingerprint density at radius 1 is 1.56 bits per heavy atom. The van der Waals surface area contributed by atoms with E-state index in [1.54, 1.807) is 4.90 Å². The standard InChI is InChI=1S/C10H19N3O3/c1-8-7-13(6-5-11-8)10(15)12-4-3-9(14)16-2/h8,11H,3-7H2,1-2H3,(H,12,15)/t8-/m1/s1. The summed E-state index contributed by atoms with van der Waals surface area (Å²) >= 11 is 0. The first kappa shape index (κ1) is 12.8. The van der Waals surface area contributed by atoms with Gasteiger partial charge in [-0.15, -0.1) is 0 Å². The Balaban J connectivity index is 2.21. The zero-order chi connectivity index (χ0) is 12.0. The summed E-state index contributed by atoms with van der Waals surface area (Å²) in [5.74, 6) is -0.311. The first-order valence-electron chi connectivity index (χ1n) is 5.46. The maximum atomic E-state index is 11.6. The molecule has 16 heavy (non-hydrogen) atoms. The summed E-state index contributed by atoms with van der Waals surface area (Å²) in [5, 5.41) is 5.95. The average molecular weight is 229 g/mol. The van der Waals surface area contributed by atoms with Crippen molar-refractivity contribution < 1.29 is 14.3 Å². The Morgan fingerprint density at radius 3 is 2.94 bits per heavy atom. The number of piperazine rings is 1. The van der Waals surface area contributed by atoms with E-state index >= 15 is 0 Å². The summed E-state index contributed by atoms with van der Waals surface area (Å²) < 4.78 is 4.48. The highest BCUT2D eigenvalue weighted by Gasteiger charge is 2.19. The highest BCUT2D eigenvalue weighted by Crippen LogP contribution is 1.98. The first-order valence-corrected chi connectivity index (χ1v) is 5.46. The monoisotopic (exact) mass is 229 g/mol. The van der Waals surface area contributed by atoms with Gasteiger partial charge in [-0.3, -0.25) is 4.79 Å². The molecule has 0 aliphatic carbocycles. The van der Waals surface area contributed by atoms with Crippen molar-refractivity contribution in [2.24, 2.45) is 0 Å². The number of amides is 2. The molecule has 0 aromatic heterocycles. The molecule has 2 amide bonds. The van der Waals surface area contributed by atoms with Crippen LogP contribution in [0.1, 0.15) is 13.3 Å². The van der Waals surface area contributed by atoms with Crippen LogP contribution < -0.4 is 10.6 Å². The number of carbonyl (C=O) groups excluding carboxylic acids is 2. The van der Waals surface area contributed by atoms with E-state index in [1.165, 1.54) is 7.11 Å².